The Morgan fingerprint density at radius 2 is 1.76 bits per heavy atom. The Labute approximate surface area is 99.5 Å². The molecule has 0 aromatic heterocycles. The van der Waals surface area contributed by atoms with Crippen LogP contribution < -0.4 is 0 Å². The van der Waals surface area contributed by atoms with E-state index < -0.39 is 5.97 Å². The van der Waals surface area contributed by atoms with E-state index in [0.717, 1.165) is 21.9 Å². The average molecular weight is 224 g/mol. The van der Waals surface area contributed by atoms with Crippen LogP contribution in [0.3, 0.4) is 0 Å². The summed E-state index contributed by atoms with van der Waals surface area (Å²) in [5.41, 5.74) is 2.01. The van der Waals surface area contributed by atoms with E-state index in [9.17, 15) is 4.79 Å². The summed E-state index contributed by atoms with van der Waals surface area (Å²) in [5.74, 6) is -0.936. The molecule has 0 amide bonds. The van der Waals surface area contributed by atoms with Crippen molar-refractivity contribution in [1.82, 2.24) is 0 Å². The van der Waals surface area contributed by atoms with E-state index in [1.54, 1.807) is 24.3 Å². The molecule has 0 heterocycles. The lowest BCUT2D eigenvalue weighted by Gasteiger charge is -2.07. The van der Waals surface area contributed by atoms with Gasteiger partial charge < -0.3 is 5.11 Å². The number of carboxylic acid groups (broad SMARTS) is 1. The molecule has 0 aliphatic carbocycles. The average Bonchev–Trinajstić information content (AvgIpc) is 2.36. The second kappa shape index (κ2) is 4.26. The number of hydrogen-bond acceptors (Lipinski definition) is 1. The van der Waals surface area contributed by atoms with Crippen molar-refractivity contribution in [3.8, 4) is 0 Å². The van der Waals surface area contributed by atoms with Crippen LogP contribution in [0.15, 0.2) is 43.5 Å². The second-order valence-corrected chi connectivity index (χ2v) is 3.72. The smallest absolute Gasteiger partial charge is 0.335 e. The fourth-order valence-electron chi connectivity index (χ4n) is 1.91. The summed E-state index contributed by atoms with van der Waals surface area (Å²) in [6.45, 7) is 7.46. The highest BCUT2D eigenvalue weighted by molar-refractivity contribution is 6.01. The zero-order chi connectivity index (χ0) is 12.4. The molecule has 0 atom stereocenters. The number of aromatic carboxylic acids is 1. The van der Waals surface area contributed by atoms with E-state index in [4.69, 9.17) is 5.11 Å². The predicted molar refractivity (Wildman–Crippen MR) is 71.1 cm³/mol. The number of rotatable bonds is 3. The quantitative estimate of drug-likeness (QED) is 0.860. The van der Waals surface area contributed by atoms with Gasteiger partial charge in [0.2, 0.25) is 0 Å². The van der Waals surface area contributed by atoms with E-state index in [1.807, 2.05) is 18.2 Å². The Bertz CT molecular complexity index is 624. The predicted octanol–water partition coefficient (Wildman–Crippen LogP) is 3.82. The molecule has 2 nitrogen and oxygen atoms in total. The van der Waals surface area contributed by atoms with E-state index in [1.165, 1.54) is 0 Å². The number of fused-ring (bicyclic) bond motifs is 1. The summed E-state index contributed by atoms with van der Waals surface area (Å²) >= 11 is 0. The summed E-state index contributed by atoms with van der Waals surface area (Å²) < 4.78 is 0. The Morgan fingerprint density at radius 3 is 2.35 bits per heavy atom. The highest BCUT2D eigenvalue weighted by Gasteiger charge is 2.08. The fourth-order valence-corrected chi connectivity index (χ4v) is 1.91. The molecule has 1 N–H and O–H groups in total. The molecule has 0 radical (unpaired) electrons. The van der Waals surface area contributed by atoms with Crippen LogP contribution >= 0.6 is 0 Å². The van der Waals surface area contributed by atoms with Crippen molar-refractivity contribution in [2.24, 2.45) is 0 Å². The van der Waals surface area contributed by atoms with Crippen LogP contribution in [0, 0.1) is 0 Å². The molecule has 2 aromatic rings. The first-order chi connectivity index (χ1) is 8.17. The highest BCUT2D eigenvalue weighted by atomic mass is 16.4. The zero-order valence-corrected chi connectivity index (χ0v) is 9.31. The fraction of sp³-hybridized carbons (Fsp3) is 0. The summed E-state index contributed by atoms with van der Waals surface area (Å²) in [4.78, 5) is 11.1. The largest absolute Gasteiger partial charge is 0.478 e. The van der Waals surface area contributed by atoms with Crippen molar-refractivity contribution >= 4 is 28.9 Å². The first-order valence-electron chi connectivity index (χ1n) is 5.22. The van der Waals surface area contributed by atoms with Crippen molar-refractivity contribution in [3.63, 3.8) is 0 Å². The monoisotopic (exact) mass is 224 g/mol. The number of carboxylic acids is 1. The summed E-state index contributed by atoms with van der Waals surface area (Å²) in [7, 11) is 0. The van der Waals surface area contributed by atoms with E-state index in [-0.39, 0.29) is 5.56 Å². The molecular formula is C15H12O2. The maximum absolute atomic E-state index is 11.1. The van der Waals surface area contributed by atoms with Gasteiger partial charge in [-0.15, -0.1) is 0 Å². The van der Waals surface area contributed by atoms with Crippen LogP contribution in [0.5, 0.6) is 0 Å². The summed E-state index contributed by atoms with van der Waals surface area (Å²) in [6, 6.07) is 9.08. The molecule has 2 rings (SSSR count). The minimum absolute atomic E-state index is 0.265. The highest BCUT2D eigenvalue weighted by Crippen LogP contribution is 2.26. The van der Waals surface area contributed by atoms with Crippen molar-refractivity contribution in [2.75, 3.05) is 0 Å². The van der Waals surface area contributed by atoms with Crippen LogP contribution in [0.25, 0.3) is 22.9 Å². The Morgan fingerprint density at radius 1 is 1.06 bits per heavy atom. The Balaban J connectivity index is 2.92. The molecule has 0 aliphatic heterocycles. The van der Waals surface area contributed by atoms with Gasteiger partial charge in [-0.3, -0.25) is 0 Å². The minimum atomic E-state index is -0.936. The molecular weight excluding hydrogens is 212 g/mol. The van der Waals surface area contributed by atoms with Crippen molar-refractivity contribution in [3.05, 3.63) is 60.2 Å². The lowest BCUT2D eigenvalue weighted by Crippen LogP contribution is -1.97. The Kier molecular flexibility index (Phi) is 2.79. The van der Waals surface area contributed by atoms with Gasteiger partial charge in [-0.1, -0.05) is 43.5 Å². The van der Waals surface area contributed by atoms with Gasteiger partial charge in [0.05, 0.1) is 5.56 Å². The SMILES string of the molecule is C=Cc1cc(C(=O)O)cc2c(C=C)cccc12. The second-order valence-electron chi connectivity index (χ2n) is 3.72. The van der Waals surface area contributed by atoms with Gasteiger partial charge in [0.15, 0.2) is 0 Å². The number of carbonyl (C=O) groups is 1. The maximum atomic E-state index is 11.1. The molecule has 0 fully saturated rings. The van der Waals surface area contributed by atoms with Gasteiger partial charge in [0.1, 0.15) is 0 Å². The number of benzene rings is 2. The third-order valence-electron chi connectivity index (χ3n) is 2.75. The maximum Gasteiger partial charge on any atom is 0.335 e. The molecule has 2 aromatic carbocycles. The van der Waals surface area contributed by atoms with Crippen molar-refractivity contribution in [2.45, 2.75) is 0 Å². The van der Waals surface area contributed by atoms with Crippen LogP contribution in [-0.2, 0) is 0 Å². The van der Waals surface area contributed by atoms with Crippen molar-refractivity contribution < 1.29 is 9.90 Å². The molecule has 0 saturated carbocycles. The van der Waals surface area contributed by atoms with Crippen LogP contribution in [0.2, 0.25) is 0 Å². The van der Waals surface area contributed by atoms with Gasteiger partial charge in [-0.05, 0) is 34.0 Å². The van der Waals surface area contributed by atoms with E-state index in [0.29, 0.717) is 0 Å². The van der Waals surface area contributed by atoms with Crippen molar-refractivity contribution in [1.29, 1.82) is 0 Å². The van der Waals surface area contributed by atoms with Gasteiger partial charge in [0.25, 0.3) is 0 Å². The molecule has 0 spiro atoms. The molecule has 17 heavy (non-hydrogen) atoms. The molecule has 0 bridgehead atoms. The summed E-state index contributed by atoms with van der Waals surface area (Å²) in [5, 5.41) is 10.9. The third kappa shape index (κ3) is 1.85. The summed E-state index contributed by atoms with van der Waals surface area (Å²) in [6.07, 6.45) is 3.39. The first-order valence-corrected chi connectivity index (χ1v) is 5.22. The molecule has 0 unspecified atom stereocenters. The number of hydrogen-bond donors (Lipinski definition) is 1. The third-order valence-corrected chi connectivity index (χ3v) is 2.75. The van der Waals surface area contributed by atoms with Crippen LogP contribution in [0.4, 0.5) is 0 Å². The molecule has 0 saturated heterocycles. The lowest BCUT2D eigenvalue weighted by molar-refractivity contribution is 0.0697. The lowest BCUT2D eigenvalue weighted by atomic mass is 9.97. The van der Waals surface area contributed by atoms with Crippen LogP contribution in [0.1, 0.15) is 21.5 Å². The minimum Gasteiger partial charge on any atom is -0.478 e. The van der Waals surface area contributed by atoms with E-state index >= 15 is 0 Å². The zero-order valence-electron chi connectivity index (χ0n) is 9.31. The molecule has 0 aliphatic rings. The van der Waals surface area contributed by atoms with Gasteiger partial charge in [0, 0.05) is 0 Å². The van der Waals surface area contributed by atoms with Gasteiger partial charge in [-0.25, -0.2) is 4.79 Å². The Hall–Kier alpha value is -2.35. The normalized spacial score (nSPS) is 10.1. The van der Waals surface area contributed by atoms with E-state index in [2.05, 4.69) is 13.2 Å². The first kappa shape index (κ1) is 11.1. The standard InChI is InChI=1S/C15H12O2/c1-3-10-6-5-7-13-11(4-2)8-12(15(16)17)9-14(10)13/h3-9H,1-2H2,(H,16,17). The van der Waals surface area contributed by atoms with Crippen LogP contribution in [-0.4, -0.2) is 11.1 Å². The molecule has 2 heteroatoms. The topological polar surface area (TPSA) is 37.3 Å². The van der Waals surface area contributed by atoms with Gasteiger partial charge >= 0.3 is 5.97 Å². The van der Waals surface area contributed by atoms with Gasteiger partial charge in [-0.2, -0.15) is 0 Å². The molecule has 84 valence electrons.